The van der Waals surface area contributed by atoms with Crippen molar-refractivity contribution in [2.45, 2.75) is 51.5 Å². The lowest BCUT2D eigenvalue weighted by Crippen LogP contribution is -2.61. The fourth-order valence-electron chi connectivity index (χ4n) is 4.59. The molecule has 2 fully saturated rings. The summed E-state index contributed by atoms with van der Waals surface area (Å²) in [6, 6.07) is 7.49. The van der Waals surface area contributed by atoms with E-state index in [9.17, 15) is 4.79 Å². The van der Waals surface area contributed by atoms with Gasteiger partial charge in [0.2, 0.25) is 0 Å². The first kappa shape index (κ1) is 20.2. The molecule has 1 saturated heterocycles. The number of rotatable bonds is 7. The summed E-state index contributed by atoms with van der Waals surface area (Å²) in [7, 11) is 0. The second kappa shape index (κ2) is 9.56. The molecule has 1 heterocycles. The van der Waals surface area contributed by atoms with Crippen LogP contribution in [0.1, 0.15) is 56.3 Å². The summed E-state index contributed by atoms with van der Waals surface area (Å²) in [4.78, 5) is 18.0. The van der Waals surface area contributed by atoms with E-state index in [0.29, 0.717) is 12.2 Å². The van der Waals surface area contributed by atoms with E-state index in [1.165, 1.54) is 32.1 Å². The SMILES string of the molecule is CCOc1cccc(C(=O)NCC2(N3CCN(CC)CC3)CCCCC2)c1. The van der Waals surface area contributed by atoms with Crippen molar-refractivity contribution in [1.82, 2.24) is 15.1 Å². The molecule has 2 aliphatic rings. The number of likely N-dealkylation sites (N-methyl/N-ethyl adjacent to an activating group) is 1. The molecule has 5 nitrogen and oxygen atoms in total. The predicted octanol–water partition coefficient (Wildman–Crippen LogP) is 3.16. The number of carbonyl (C=O) groups excluding carboxylic acids is 1. The van der Waals surface area contributed by atoms with Gasteiger partial charge in [-0.05, 0) is 44.5 Å². The molecule has 0 radical (unpaired) electrons. The number of benzene rings is 1. The van der Waals surface area contributed by atoms with Gasteiger partial charge in [-0.1, -0.05) is 32.3 Å². The maximum Gasteiger partial charge on any atom is 0.251 e. The minimum Gasteiger partial charge on any atom is -0.494 e. The van der Waals surface area contributed by atoms with Crippen molar-refractivity contribution in [3.63, 3.8) is 0 Å². The van der Waals surface area contributed by atoms with Gasteiger partial charge in [0.1, 0.15) is 5.75 Å². The normalized spacial score (nSPS) is 21.0. The summed E-state index contributed by atoms with van der Waals surface area (Å²) in [6.45, 7) is 11.2. The number of ether oxygens (including phenoxy) is 1. The summed E-state index contributed by atoms with van der Waals surface area (Å²) in [5.41, 5.74) is 0.813. The van der Waals surface area contributed by atoms with Gasteiger partial charge >= 0.3 is 0 Å². The Hall–Kier alpha value is -1.59. The monoisotopic (exact) mass is 373 g/mol. The molecule has 5 heteroatoms. The molecule has 0 spiro atoms. The number of piperazine rings is 1. The van der Waals surface area contributed by atoms with Crippen LogP contribution in [0.2, 0.25) is 0 Å². The molecule has 1 aliphatic heterocycles. The van der Waals surface area contributed by atoms with Crippen molar-refractivity contribution in [3.05, 3.63) is 29.8 Å². The van der Waals surface area contributed by atoms with Crippen LogP contribution in [0.4, 0.5) is 0 Å². The highest BCUT2D eigenvalue weighted by molar-refractivity contribution is 5.94. The third-order valence-electron chi connectivity index (χ3n) is 6.26. The average molecular weight is 374 g/mol. The summed E-state index contributed by atoms with van der Waals surface area (Å²) < 4.78 is 5.53. The molecule has 0 aromatic heterocycles. The molecule has 1 saturated carbocycles. The van der Waals surface area contributed by atoms with Crippen molar-refractivity contribution in [2.24, 2.45) is 0 Å². The van der Waals surface area contributed by atoms with Crippen LogP contribution in [0.5, 0.6) is 5.75 Å². The lowest BCUT2D eigenvalue weighted by molar-refractivity contribution is 0.00924. The van der Waals surface area contributed by atoms with E-state index in [1.807, 2.05) is 31.2 Å². The van der Waals surface area contributed by atoms with E-state index in [0.717, 1.165) is 45.0 Å². The van der Waals surface area contributed by atoms with Gasteiger partial charge in [0.25, 0.3) is 5.91 Å². The highest BCUT2D eigenvalue weighted by Gasteiger charge is 2.39. The maximum absolute atomic E-state index is 12.8. The van der Waals surface area contributed by atoms with E-state index in [1.54, 1.807) is 0 Å². The number of nitrogens with zero attached hydrogens (tertiary/aromatic N) is 2. The molecule has 1 aliphatic carbocycles. The summed E-state index contributed by atoms with van der Waals surface area (Å²) in [5.74, 6) is 0.766. The molecule has 1 N–H and O–H groups in total. The summed E-state index contributed by atoms with van der Waals surface area (Å²) in [5, 5.41) is 3.25. The zero-order chi connectivity index (χ0) is 19.1. The minimum absolute atomic E-state index is 0.00805. The number of carbonyl (C=O) groups is 1. The Balaban J connectivity index is 1.64. The number of hydrogen-bond donors (Lipinski definition) is 1. The molecule has 150 valence electrons. The highest BCUT2D eigenvalue weighted by Crippen LogP contribution is 2.34. The first-order valence-corrected chi connectivity index (χ1v) is 10.7. The Labute approximate surface area is 164 Å². The number of amides is 1. The zero-order valence-electron chi connectivity index (χ0n) is 17.0. The van der Waals surface area contributed by atoms with Crippen molar-refractivity contribution in [3.8, 4) is 5.75 Å². The number of nitrogens with one attached hydrogen (secondary N) is 1. The molecular weight excluding hydrogens is 338 g/mol. The minimum atomic E-state index is 0.00805. The zero-order valence-corrected chi connectivity index (χ0v) is 17.0. The van der Waals surface area contributed by atoms with E-state index in [-0.39, 0.29) is 11.4 Å². The van der Waals surface area contributed by atoms with Gasteiger partial charge in [0, 0.05) is 43.8 Å². The summed E-state index contributed by atoms with van der Waals surface area (Å²) in [6.07, 6.45) is 6.24. The van der Waals surface area contributed by atoms with E-state index < -0.39 is 0 Å². The van der Waals surface area contributed by atoms with Gasteiger partial charge in [0.15, 0.2) is 0 Å². The Bertz CT molecular complexity index is 605. The topological polar surface area (TPSA) is 44.8 Å². The van der Waals surface area contributed by atoms with Crippen LogP contribution in [0.15, 0.2) is 24.3 Å². The lowest BCUT2D eigenvalue weighted by atomic mass is 9.79. The average Bonchev–Trinajstić information content (AvgIpc) is 2.73. The third-order valence-corrected chi connectivity index (χ3v) is 6.26. The number of hydrogen-bond acceptors (Lipinski definition) is 4. The largest absolute Gasteiger partial charge is 0.494 e. The first-order chi connectivity index (χ1) is 13.2. The molecule has 1 aromatic carbocycles. The second-order valence-corrected chi connectivity index (χ2v) is 7.85. The molecule has 3 rings (SSSR count). The van der Waals surface area contributed by atoms with Crippen LogP contribution in [0.3, 0.4) is 0 Å². The quantitative estimate of drug-likeness (QED) is 0.797. The van der Waals surface area contributed by atoms with E-state index >= 15 is 0 Å². The molecule has 0 bridgehead atoms. The second-order valence-electron chi connectivity index (χ2n) is 7.85. The Morgan fingerprint density at radius 2 is 1.85 bits per heavy atom. The van der Waals surface area contributed by atoms with Crippen molar-refractivity contribution in [2.75, 3.05) is 45.9 Å². The molecule has 1 aromatic rings. The fourth-order valence-corrected chi connectivity index (χ4v) is 4.59. The standard InChI is InChI=1S/C22H35N3O2/c1-3-24-13-15-25(16-14-24)22(11-6-5-7-12-22)18-23-21(26)19-9-8-10-20(17-19)27-4-2/h8-10,17H,3-7,11-16,18H2,1-2H3,(H,23,26). The maximum atomic E-state index is 12.8. The highest BCUT2D eigenvalue weighted by atomic mass is 16.5. The molecule has 27 heavy (non-hydrogen) atoms. The molecule has 1 amide bonds. The van der Waals surface area contributed by atoms with Crippen molar-refractivity contribution >= 4 is 5.91 Å². The third kappa shape index (κ3) is 5.02. The van der Waals surface area contributed by atoms with Gasteiger partial charge in [0.05, 0.1) is 6.61 Å². The fraction of sp³-hybridized carbons (Fsp3) is 0.682. The van der Waals surface area contributed by atoms with Crippen LogP contribution >= 0.6 is 0 Å². The van der Waals surface area contributed by atoms with Gasteiger partial charge in [-0.2, -0.15) is 0 Å². The van der Waals surface area contributed by atoms with Gasteiger partial charge < -0.3 is 15.0 Å². The van der Waals surface area contributed by atoms with Crippen molar-refractivity contribution < 1.29 is 9.53 Å². The van der Waals surface area contributed by atoms with Crippen LogP contribution in [-0.2, 0) is 0 Å². The van der Waals surface area contributed by atoms with Gasteiger partial charge in [-0.25, -0.2) is 0 Å². The van der Waals surface area contributed by atoms with Crippen molar-refractivity contribution in [1.29, 1.82) is 0 Å². The van der Waals surface area contributed by atoms with E-state index in [4.69, 9.17) is 4.74 Å². The van der Waals surface area contributed by atoms with Crippen LogP contribution in [0.25, 0.3) is 0 Å². The Morgan fingerprint density at radius 1 is 1.11 bits per heavy atom. The lowest BCUT2D eigenvalue weighted by Gasteiger charge is -2.50. The summed E-state index contributed by atoms with van der Waals surface area (Å²) >= 11 is 0. The Kier molecular flexibility index (Phi) is 7.13. The molecule has 0 unspecified atom stereocenters. The van der Waals surface area contributed by atoms with Gasteiger partial charge in [-0.15, -0.1) is 0 Å². The smallest absolute Gasteiger partial charge is 0.251 e. The van der Waals surface area contributed by atoms with E-state index in [2.05, 4.69) is 22.0 Å². The van der Waals surface area contributed by atoms with Crippen LogP contribution in [0, 0.1) is 0 Å². The molecule has 0 atom stereocenters. The molecular formula is C22H35N3O2. The van der Waals surface area contributed by atoms with Gasteiger partial charge in [-0.3, -0.25) is 9.69 Å². The first-order valence-electron chi connectivity index (χ1n) is 10.7. The Morgan fingerprint density at radius 3 is 2.52 bits per heavy atom. The predicted molar refractivity (Wildman–Crippen MR) is 109 cm³/mol. The van der Waals surface area contributed by atoms with Crippen LogP contribution in [-0.4, -0.2) is 67.1 Å². The van der Waals surface area contributed by atoms with Crippen LogP contribution < -0.4 is 10.1 Å².